The molecule has 10 heteroatoms. The van der Waals surface area contributed by atoms with E-state index in [-0.39, 0.29) is 28.4 Å². The number of nitrogens with one attached hydrogen (secondary N) is 1. The molecule has 1 aliphatic carbocycles. The minimum Gasteiger partial charge on any atom is -0.465 e. The van der Waals surface area contributed by atoms with Crippen molar-refractivity contribution in [3.05, 3.63) is 36.0 Å². The van der Waals surface area contributed by atoms with E-state index in [0.29, 0.717) is 17.7 Å². The monoisotopic (exact) mass is 496 g/mol. The SMILES string of the molecule is CCOC(=O)CSc1cnc(NC(=O)[C@H](CC2CCCC2)c2ccc(S(C)(=O)=O)cc2)s1. The van der Waals surface area contributed by atoms with Crippen LogP contribution in [0.3, 0.4) is 0 Å². The molecule has 1 aliphatic rings. The van der Waals surface area contributed by atoms with E-state index in [1.54, 1.807) is 37.4 Å². The summed E-state index contributed by atoms with van der Waals surface area (Å²) in [6, 6.07) is 6.59. The number of amides is 1. The first-order chi connectivity index (χ1) is 15.3. The molecule has 174 valence electrons. The van der Waals surface area contributed by atoms with Crippen LogP contribution in [0.25, 0.3) is 0 Å². The molecule has 0 radical (unpaired) electrons. The molecule has 1 amide bonds. The fourth-order valence-corrected chi connectivity index (χ4v) is 6.13. The maximum absolute atomic E-state index is 13.2. The number of thioether (sulfide) groups is 1. The highest BCUT2D eigenvalue weighted by molar-refractivity contribution is 8.01. The van der Waals surface area contributed by atoms with Crippen molar-refractivity contribution in [1.82, 2.24) is 4.98 Å². The Morgan fingerprint density at radius 2 is 1.94 bits per heavy atom. The molecule has 0 unspecified atom stereocenters. The van der Waals surface area contributed by atoms with Gasteiger partial charge in [0.05, 0.1) is 33.6 Å². The van der Waals surface area contributed by atoms with Crippen LogP contribution < -0.4 is 5.32 Å². The summed E-state index contributed by atoms with van der Waals surface area (Å²) in [4.78, 5) is 29.2. The Morgan fingerprint density at radius 1 is 1.25 bits per heavy atom. The van der Waals surface area contributed by atoms with Crippen LogP contribution >= 0.6 is 23.1 Å². The predicted molar refractivity (Wildman–Crippen MR) is 127 cm³/mol. The van der Waals surface area contributed by atoms with E-state index in [2.05, 4.69) is 10.3 Å². The molecule has 7 nitrogen and oxygen atoms in total. The number of benzene rings is 1. The Bertz CT molecular complexity index is 1030. The minimum atomic E-state index is -3.29. The van der Waals surface area contributed by atoms with Gasteiger partial charge in [0.2, 0.25) is 5.91 Å². The Hall–Kier alpha value is -1.91. The number of ether oxygens (including phenoxy) is 1. The van der Waals surface area contributed by atoms with E-state index < -0.39 is 9.84 Å². The number of esters is 1. The second-order valence-electron chi connectivity index (χ2n) is 7.85. The van der Waals surface area contributed by atoms with Crippen molar-refractivity contribution in [3.8, 4) is 0 Å². The zero-order valence-corrected chi connectivity index (χ0v) is 20.7. The van der Waals surface area contributed by atoms with Crippen LogP contribution in [0, 0.1) is 5.92 Å². The molecule has 1 aromatic heterocycles. The summed E-state index contributed by atoms with van der Waals surface area (Å²) in [5, 5.41) is 3.39. The van der Waals surface area contributed by atoms with Crippen LogP contribution in [0.15, 0.2) is 39.6 Å². The summed E-state index contributed by atoms with van der Waals surface area (Å²) in [5.41, 5.74) is 0.801. The molecule has 1 atom stereocenters. The summed E-state index contributed by atoms with van der Waals surface area (Å²) < 4.78 is 29.3. The third-order valence-corrected chi connectivity index (χ3v) is 8.63. The van der Waals surface area contributed by atoms with Crippen LogP contribution in [0.4, 0.5) is 5.13 Å². The summed E-state index contributed by atoms with van der Waals surface area (Å²) >= 11 is 2.64. The fourth-order valence-electron chi connectivity index (χ4n) is 3.83. The molecule has 1 heterocycles. The summed E-state index contributed by atoms with van der Waals surface area (Å²) in [6.07, 6.45) is 8.11. The number of carbonyl (C=O) groups excluding carboxylic acids is 2. The van der Waals surface area contributed by atoms with E-state index in [1.165, 1.54) is 42.2 Å². The number of nitrogens with zero attached hydrogens (tertiary/aromatic N) is 1. The third-order valence-electron chi connectivity index (χ3n) is 5.42. The van der Waals surface area contributed by atoms with Crippen LogP contribution in [-0.4, -0.2) is 43.9 Å². The average Bonchev–Trinajstić information content (AvgIpc) is 3.42. The van der Waals surface area contributed by atoms with Crippen LogP contribution in [0.1, 0.15) is 50.5 Å². The first kappa shape index (κ1) is 24.7. The number of sulfone groups is 1. The van der Waals surface area contributed by atoms with Gasteiger partial charge in [-0.1, -0.05) is 49.2 Å². The van der Waals surface area contributed by atoms with Crippen molar-refractivity contribution in [3.63, 3.8) is 0 Å². The van der Waals surface area contributed by atoms with Crippen molar-refractivity contribution in [2.45, 2.75) is 54.1 Å². The molecular formula is C22H28N2O5S3. The summed E-state index contributed by atoms with van der Waals surface area (Å²) in [5.74, 6) is -0.148. The topological polar surface area (TPSA) is 102 Å². The molecule has 0 saturated heterocycles. The number of hydrogen-bond donors (Lipinski definition) is 1. The number of carbonyl (C=O) groups is 2. The van der Waals surface area contributed by atoms with E-state index in [9.17, 15) is 18.0 Å². The highest BCUT2D eigenvalue weighted by Gasteiger charge is 2.27. The lowest BCUT2D eigenvalue weighted by molar-refractivity contribution is -0.139. The van der Waals surface area contributed by atoms with Gasteiger partial charge in [0.25, 0.3) is 0 Å². The normalized spacial score (nSPS) is 15.4. The first-order valence-corrected chi connectivity index (χ1v) is 14.3. The quantitative estimate of drug-likeness (QED) is 0.381. The second kappa shape index (κ2) is 11.3. The number of rotatable bonds is 10. The van der Waals surface area contributed by atoms with Gasteiger partial charge < -0.3 is 10.1 Å². The van der Waals surface area contributed by atoms with Gasteiger partial charge in [-0.3, -0.25) is 9.59 Å². The highest BCUT2D eigenvalue weighted by atomic mass is 32.2. The Balaban J connectivity index is 1.70. The summed E-state index contributed by atoms with van der Waals surface area (Å²) in [7, 11) is -3.29. The van der Waals surface area contributed by atoms with Gasteiger partial charge in [0.1, 0.15) is 0 Å². The van der Waals surface area contributed by atoms with Crippen LogP contribution in [0.2, 0.25) is 0 Å². The molecule has 1 saturated carbocycles. The van der Waals surface area contributed by atoms with Crippen LogP contribution in [-0.2, 0) is 24.2 Å². The molecular weight excluding hydrogens is 468 g/mol. The lowest BCUT2D eigenvalue weighted by Crippen LogP contribution is -2.23. The lowest BCUT2D eigenvalue weighted by atomic mass is 9.87. The van der Waals surface area contributed by atoms with Crippen LogP contribution in [0.5, 0.6) is 0 Å². The van der Waals surface area contributed by atoms with Gasteiger partial charge in [-0.15, -0.1) is 11.8 Å². The van der Waals surface area contributed by atoms with Crippen molar-refractivity contribution >= 4 is 49.9 Å². The number of thiazole rings is 1. The number of aromatic nitrogens is 1. The Labute approximate surface area is 197 Å². The van der Waals surface area contributed by atoms with Crippen molar-refractivity contribution < 1.29 is 22.7 Å². The van der Waals surface area contributed by atoms with Crippen molar-refractivity contribution in [2.24, 2.45) is 5.92 Å². The zero-order valence-electron chi connectivity index (χ0n) is 18.2. The lowest BCUT2D eigenvalue weighted by Gasteiger charge is -2.20. The smallest absolute Gasteiger partial charge is 0.316 e. The predicted octanol–water partition coefficient (Wildman–Crippen LogP) is 4.50. The molecule has 0 bridgehead atoms. The summed E-state index contributed by atoms with van der Waals surface area (Å²) in [6.45, 7) is 2.11. The van der Waals surface area contributed by atoms with E-state index in [0.717, 1.165) is 29.0 Å². The molecule has 2 aromatic rings. The number of hydrogen-bond acceptors (Lipinski definition) is 8. The van der Waals surface area contributed by atoms with Gasteiger partial charge in [0.15, 0.2) is 15.0 Å². The van der Waals surface area contributed by atoms with Crippen molar-refractivity contribution in [1.29, 1.82) is 0 Å². The maximum Gasteiger partial charge on any atom is 0.316 e. The van der Waals surface area contributed by atoms with Gasteiger partial charge in [-0.05, 0) is 37.0 Å². The molecule has 0 aliphatic heterocycles. The van der Waals surface area contributed by atoms with E-state index in [1.807, 2.05) is 0 Å². The largest absolute Gasteiger partial charge is 0.465 e. The fraction of sp³-hybridized carbons (Fsp3) is 0.500. The maximum atomic E-state index is 13.2. The third kappa shape index (κ3) is 7.05. The zero-order chi connectivity index (χ0) is 23.1. The van der Waals surface area contributed by atoms with Gasteiger partial charge in [-0.25, -0.2) is 13.4 Å². The molecule has 32 heavy (non-hydrogen) atoms. The minimum absolute atomic E-state index is 0.153. The van der Waals surface area contributed by atoms with E-state index in [4.69, 9.17) is 4.74 Å². The molecule has 3 rings (SSSR count). The first-order valence-electron chi connectivity index (χ1n) is 10.6. The second-order valence-corrected chi connectivity index (χ2v) is 12.2. The standard InChI is InChI=1S/C22H28N2O5S3/c1-3-29-19(25)14-30-20-13-23-22(31-20)24-21(26)18(12-15-6-4-5-7-15)16-8-10-17(11-9-16)32(2,27)28/h8-11,13,15,18H,3-7,12,14H2,1-2H3,(H,23,24,26)/t18-/m1/s1. The molecule has 0 spiro atoms. The molecule has 1 aromatic carbocycles. The van der Waals surface area contributed by atoms with E-state index >= 15 is 0 Å². The number of anilines is 1. The van der Waals surface area contributed by atoms with Gasteiger partial charge >= 0.3 is 5.97 Å². The Kier molecular flexibility index (Phi) is 8.72. The van der Waals surface area contributed by atoms with Gasteiger partial charge in [0, 0.05) is 6.26 Å². The highest BCUT2D eigenvalue weighted by Crippen LogP contribution is 2.36. The van der Waals surface area contributed by atoms with Crippen molar-refractivity contribution in [2.75, 3.05) is 23.9 Å². The molecule has 1 fully saturated rings. The Morgan fingerprint density at radius 3 is 2.56 bits per heavy atom. The average molecular weight is 497 g/mol. The molecule has 1 N–H and O–H groups in total. The van der Waals surface area contributed by atoms with Gasteiger partial charge in [-0.2, -0.15) is 0 Å².